The van der Waals surface area contributed by atoms with Crippen LogP contribution < -0.4 is 10.1 Å². The molecule has 2 heterocycles. The fourth-order valence-electron chi connectivity index (χ4n) is 2.76. The summed E-state index contributed by atoms with van der Waals surface area (Å²) < 4.78 is 6.21. The zero-order valence-electron chi connectivity index (χ0n) is 15.9. The number of hydrogen-bond donors (Lipinski definition) is 1. The van der Waals surface area contributed by atoms with Gasteiger partial charge in [-0.2, -0.15) is 0 Å². The van der Waals surface area contributed by atoms with Crippen molar-refractivity contribution in [2.24, 2.45) is 0 Å². The molecule has 28 heavy (non-hydrogen) atoms. The Hall–Kier alpha value is -2.54. The number of nitrogens with one attached hydrogen (secondary N) is 1. The van der Waals surface area contributed by atoms with Crippen LogP contribution in [0.2, 0.25) is 0 Å². The van der Waals surface area contributed by atoms with Crippen LogP contribution in [0.15, 0.2) is 53.5 Å². The zero-order valence-corrected chi connectivity index (χ0v) is 17.5. The Labute approximate surface area is 174 Å². The second kappa shape index (κ2) is 10.7. The Balaban J connectivity index is 1.42. The fourth-order valence-corrected chi connectivity index (χ4v) is 2.97. The number of benzene rings is 1. The first-order valence-corrected chi connectivity index (χ1v) is 10.3. The first-order chi connectivity index (χ1) is 13.7. The summed E-state index contributed by atoms with van der Waals surface area (Å²) >= 11 is 3.35. The first kappa shape index (κ1) is 20.2. The maximum atomic E-state index is 5.29. The van der Waals surface area contributed by atoms with Gasteiger partial charge < -0.3 is 10.1 Å². The number of rotatable bonds is 10. The highest BCUT2D eigenvalue weighted by Crippen LogP contribution is 2.22. The largest absolute Gasteiger partial charge is 0.464 e. The van der Waals surface area contributed by atoms with E-state index >= 15 is 0 Å². The van der Waals surface area contributed by atoms with Crippen molar-refractivity contribution in [3.63, 3.8) is 0 Å². The number of anilines is 1. The summed E-state index contributed by atoms with van der Waals surface area (Å²) in [4.78, 5) is 17.1. The fraction of sp³-hybridized carbons (Fsp3) is 0.333. The molecule has 0 atom stereocenters. The van der Waals surface area contributed by atoms with Gasteiger partial charge in [-0.3, -0.25) is 0 Å². The number of ether oxygens (including phenoxy) is 1. The van der Waals surface area contributed by atoms with Crippen LogP contribution in [0.3, 0.4) is 0 Å². The predicted molar refractivity (Wildman–Crippen MR) is 114 cm³/mol. The Kier molecular flexibility index (Phi) is 7.72. The molecule has 0 unspecified atom stereocenters. The van der Waals surface area contributed by atoms with E-state index in [-0.39, 0.29) is 0 Å². The van der Waals surface area contributed by atoms with Gasteiger partial charge in [-0.05, 0) is 53.4 Å². The van der Waals surface area contributed by atoms with Crippen LogP contribution in [0.25, 0.3) is 11.1 Å². The molecular weight excluding hydrogens is 418 g/mol. The number of halogens is 1. The van der Waals surface area contributed by atoms with Gasteiger partial charge in [-0.1, -0.05) is 18.6 Å². The second-order valence-corrected chi connectivity index (χ2v) is 7.24. The Morgan fingerprint density at radius 2 is 1.71 bits per heavy atom. The lowest BCUT2D eigenvalue weighted by molar-refractivity contribution is 0.312. The van der Waals surface area contributed by atoms with Crippen molar-refractivity contribution in [1.29, 1.82) is 0 Å². The van der Waals surface area contributed by atoms with Gasteiger partial charge in [0.2, 0.25) is 0 Å². The smallest absolute Gasteiger partial charge is 0.316 e. The summed E-state index contributed by atoms with van der Waals surface area (Å²) in [5, 5.41) is 3.49. The molecule has 0 fully saturated rings. The number of unbranched alkanes of at least 4 members (excludes halogenated alkanes) is 2. The van der Waals surface area contributed by atoms with Crippen LogP contribution in [-0.2, 0) is 6.42 Å². The van der Waals surface area contributed by atoms with E-state index in [1.165, 1.54) is 0 Å². The molecule has 3 aromatic rings. The molecule has 6 nitrogen and oxygen atoms in total. The Bertz CT molecular complexity index is 855. The molecule has 0 bridgehead atoms. The maximum absolute atomic E-state index is 5.29. The molecule has 0 radical (unpaired) electrons. The summed E-state index contributed by atoms with van der Waals surface area (Å²) in [6.07, 6.45) is 11.4. The van der Waals surface area contributed by atoms with Crippen molar-refractivity contribution in [2.75, 3.05) is 18.5 Å². The van der Waals surface area contributed by atoms with Gasteiger partial charge in [0.25, 0.3) is 0 Å². The lowest BCUT2D eigenvalue weighted by Gasteiger charge is -2.09. The normalized spacial score (nSPS) is 10.6. The van der Waals surface area contributed by atoms with Gasteiger partial charge in [-0.15, -0.1) is 0 Å². The molecule has 2 aromatic heterocycles. The molecular formula is C21H24BrN5O. The van der Waals surface area contributed by atoms with Gasteiger partial charge >= 0.3 is 6.01 Å². The lowest BCUT2D eigenvalue weighted by Crippen LogP contribution is -2.02. The quantitative estimate of drug-likeness (QED) is 0.450. The van der Waals surface area contributed by atoms with Crippen LogP contribution in [-0.4, -0.2) is 33.1 Å². The maximum Gasteiger partial charge on any atom is 0.316 e. The van der Waals surface area contributed by atoms with Crippen molar-refractivity contribution < 1.29 is 4.74 Å². The van der Waals surface area contributed by atoms with E-state index in [9.17, 15) is 0 Å². The van der Waals surface area contributed by atoms with Crippen molar-refractivity contribution in [3.8, 4) is 17.1 Å². The highest BCUT2D eigenvalue weighted by atomic mass is 79.9. The van der Waals surface area contributed by atoms with Gasteiger partial charge in [0, 0.05) is 49.0 Å². The number of aromatic nitrogens is 4. The lowest BCUT2D eigenvalue weighted by atomic mass is 10.1. The van der Waals surface area contributed by atoms with E-state index in [1.807, 2.05) is 13.0 Å². The topological polar surface area (TPSA) is 72.8 Å². The molecule has 0 spiro atoms. The molecule has 1 aromatic carbocycles. The Morgan fingerprint density at radius 1 is 0.929 bits per heavy atom. The van der Waals surface area contributed by atoms with Gasteiger partial charge in [0.1, 0.15) is 5.82 Å². The molecule has 3 rings (SSSR count). The molecule has 0 saturated heterocycles. The van der Waals surface area contributed by atoms with Crippen LogP contribution in [0.1, 0.15) is 32.0 Å². The number of hydrogen-bond acceptors (Lipinski definition) is 6. The molecule has 0 aliphatic heterocycles. The summed E-state index contributed by atoms with van der Waals surface area (Å²) in [6, 6.07) is 8.71. The average Bonchev–Trinajstić information content (AvgIpc) is 2.73. The minimum Gasteiger partial charge on any atom is -0.464 e. The molecule has 7 heteroatoms. The second-order valence-electron chi connectivity index (χ2n) is 6.32. The minimum absolute atomic E-state index is 0.411. The van der Waals surface area contributed by atoms with Gasteiger partial charge in [-0.25, -0.2) is 19.9 Å². The predicted octanol–water partition coefficient (Wildman–Crippen LogP) is 4.92. The molecule has 1 N–H and O–H groups in total. The van der Waals surface area contributed by atoms with Crippen molar-refractivity contribution in [3.05, 3.63) is 59.3 Å². The van der Waals surface area contributed by atoms with Crippen LogP contribution >= 0.6 is 15.9 Å². The highest BCUT2D eigenvalue weighted by Gasteiger charge is 2.03. The summed E-state index contributed by atoms with van der Waals surface area (Å²) in [5.74, 6) is 0.904. The molecule has 0 saturated carbocycles. The molecule has 0 amide bonds. The van der Waals surface area contributed by atoms with Crippen molar-refractivity contribution in [2.45, 2.75) is 32.6 Å². The highest BCUT2D eigenvalue weighted by molar-refractivity contribution is 9.10. The summed E-state index contributed by atoms with van der Waals surface area (Å²) in [7, 11) is 0. The SMILES string of the molecule is CCOc1ncc(-c2cccc(NCCCCCc3ncc(Br)cn3)c2)cn1. The third-order valence-corrected chi connectivity index (χ3v) is 4.59. The van der Waals surface area contributed by atoms with E-state index in [0.717, 1.165) is 59.3 Å². The van der Waals surface area contributed by atoms with Gasteiger partial charge in [0.15, 0.2) is 0 Å². The van der Waals surface area contributed by atoms with E-state index < -0.39 is 0 Å². The number of aryl methyl sites for hydroxylation is 1. The third-order valence-electron chi connectivity index (χ3n) is 4.18. The minimum atomic E-state index is 0.411. The van der Waals surface area contributed by atoms with Crippen LogP contribution in [0.5, 0.6) is 6.01 Å². The van der Waals surface area contributed by atoms with E-state index in [0.29, 0.717) is 12.6 Å². The molecule has 0 aliphatic rings. The summed E-state index contributed by atoms with van der Waals surface area (Å²) in [6.45, 7) is 3.42. The summed E-state index contributed by atoms with van der Waals surface area (Å²) in [5.41, 5.74) is 3.16. The van der Waals surface area contributed by atoms with Gasteiger partial charge in [0.05, 0.1) is 11.1 Å². The number of nitrogens with zero attached hydrogens (tertiary/aromatic N) is 4. The van der Waals surface area contributed by atoms with E-state index in [4.69, 9.17) is 4.74 Å². The zero-order chi connectivity index (χ0) is 19.6. The molecule has 0 aliphatic carbocycles. The van der Waals surface area contributed by atoms with Crippen molar-refractivity contribution >= 4 is 21.6 Å². The Morgan fingerprint density at radius 3 is 2.46 bits per heavy atom. The van der Waals surface area contributed by atoms with E-state index in [2.05, 4.69) is 59.4 Å². The standard InChI is InChI=1S/C21H24BrN5O/c1-2-28-21-26-12-17(13-27-21)16-7-6-8-19(11-16)23-10-5-3-4-9-20-24-14-18(22)15-25-20/h6-8,11-15,23H,2-5,9-10H2,1H3. The van der Waals surface area contributed by atoms with Crippen molar-refractivity contribution in [1.82, 2.24) is 19.9 Å². The molecule has 146 valence electrons. The van der Waals surface area contributed by atoms with E-state index in [1.54, 1.807) is 24.8 Å². The monoisotopic (exact) mass is 441 g/mol. The first-order valence-electron chi connectivity index (χ1n) is 9.50. The van der Waals surface area contributed by atoms with Crippen LogP contribution in [0.4, 0.5) is 5.69 Å². The average molecular weight is 442 g/mol. The van der Waals surface area contributed by atoms with Crippen LogP contribution in [0, 0.1) is 0 Å². The third kappa shape index (κ3) is 6.27.